The summed E-state index contributed by atoms with van der Waals surface area (Å²) in [4.78, 5) is 26.7. The van der Waals surface area contributed by atoms with Gasteiger partial charge in [0.15, 0.2) is 0 Å². The largest absolute Gasteiger partial charge is 0.481 e. The molecule has 0 fully saturated rings. The second-order valence-electron chi connectivity index (χ2n) is 5.64. The summed E-state index contributed by atoms with van der Waals surface area (Å²) in [5.41, 5.74) is 5.10. The highest BCUT2D eigenvalue weighted by Gasteiger charge is 2.11. The van der Waals surface area contributed by atoms with E-state index in [1.54, 1.807) is 23.0 Å². The van der Waals surface area contributed by atoms with Crippen LogP contribution in [0.4, 0.5) is 0 Å². The molecule has 0 saturated carbocycles. The molecule has 27 heavy (non-hydrogen) atoms. The maximum absolute atomic E-state index is 12.0. The highest BCUT2D eigenvalue weighted by Crippen LogP contribution is 2.20. The number of hydrogen-bond acceptors (Lipinski definition) is 5. The van der Waals surface area contributed by atoms with Crippen molar-refractivity contribution in [3.8, 4) is 11.3 Å². The first kappa shape index (κ1) is 18.0. The molecule has 8 nitrogen and oxygen atoms in total. The van der Waals surface area contributed by atoms with E-state index < -0.39 is 5.97 Å². The maximum atomic E-state index is 12.0. The fourth-order valence-corrected chi connectivity index (χ4v) is 2.40. The molecule has 0 radical (unpaired) electrons. The average Bonchev–Trinajstić information content (AvgIpc) is 3.11. The van der Waals surface area contributed by atoms with Crippen LogP contribution in [0.1, 0.15) is 22.3 Å². The van der Waals surface area contributed by atoms with E-state index in [9.17, 15) is 9.59 Å². The molecule has 2 heterocycles. The highest BCUT2D eigenvalue weighted by molar-refractivity contribution is 5.95. The Bertz CT molecular complexity index is 952. The van der Waals surface area contributed by atoms with Crippen LogP contribution in [0.25, 0.3) is 11.3 Å². The van der Waals surface area contributed by atoms with Gasteiger partial charge in [-0.1, -0.05) is 30.3 Å². The van der Waals surface area contributed by atoms with Gasteiger partial charge in [0.1, 0.15) is 5.69 Å². The number of amides is 1. The van der Waals surface area contributed by atoms with Crippen LogP contribution >= 0.6 is 0 Å². The zero-order valence-electron chi connectivity index (χ0n) is 14.3. The van der Waals surface area contributed by atoms with Crippen LogP contribution in [-0.4, -0.2) is 38.0 Å². The number of aryl methyl sites for hydroxylation is 1. The Morgan fingerprint density at radius 2 is 1.89 bits per heavy atom. The van der Waals surface area contributed by atoms with Crippen molar-refractivity contribution in [2.24, 2.45) is 5.10 Å². The third-order valence-corrected chi connectivity index (χ3v) is 3.70. The lowest BCUT2D eigenvalue weighted by Crippen LogP contribution is -2.17. The number of nitrogens with one attached hydrogen (secondary N) is 1. The van der Waals surface area contributed by atoms with Crippen molar-refractivity contribution in [2.45, 2.75) is 13.0 Å². The second-order valence-corrected chi connectivity index (χ2v) is 5.64. The van der Waals surface area contributed by atoms with Crippen molar-refractivity contribution in [1.29, 1.82) is 0 Å². The number of carboxylic acids is 1. The van der Waals surface area contributed by atoms with Gasteiger partial charge in [-0.15, -0.1) is 0 Å². The van der Waals surface area contributed by atoms with E-state index in [1.807, 2.05) is 30.3 Å². The van der Waals surface area contributed by atoms with Crippen LogP contribution in [-0.2, 0) is 11.3 Å². The summed E-state index contributed by atoms with van der Waals surface area (Å²) in [5, 5.41) is 17.3. The average molecular weight is 363 g/mol. The fraction of sp³-hybridized carbons (Fsp3) is 0.105. The number of benzene rings is 1. The summed E-state index contributed by atoms with van der Waals surface area (Å²) in [5.74, 6) is -1.25. The Hall–Kier alpha value is -3.81. The SMILES string of the molecule is O=C(O)CCn1cc(/C=N\NC(=O)c2ccncc2)c(-c2ccccc2)n1. The lowest BCUT2D eigenvalue weighted by molar-refractivity contribution is -0.137. The molecule has 1 amide bonds. The van der Waals surface area contributed by atoms with Crippen LogP contribution in [0.3, 0.4) is 0 Å². The number of nitrogens with zero attached hydrogens (tertiary/aromatic N) is 4. The molecule has 8 heteroatoms. The molecular weight excluding hydrogens is 346 g/mol. The first-order chi connectivity index (χ1) is 13.1. The minimum absolute atomic E-state index is 0.0364. The van der Waals surface area contributed by atoms with E-state index in [0.29, 0.717) is 16.8 Å². The van der Waals surface area contributed by atoms with Crippen molar-refractivity contribution in [3.63, 3.8) is 0 Å². The van der Waals surface area contributed by atoms with Gasteiger partial charge in [0.05, 0.1) is 19.2 Å². The third-order valence-electron chi connectivity index (χ3n) is 3.70. The van der Waals surface area contributed by atoms with E-state index >= 15 is 0 Å². The normalized spacial score (nSPS) is 10.8. The summed E-state index contributed by atoms with van der Waals surface area (Å²) >= 11 is 0. The zero-order chi connectivity index (χ0) is 19.1. The standard InChI is InChI=1S/C19H17N5O3/c25-17(26)8-11-24-13-16(18(23-24)14-4-2-1-3-5-14)12-21-22-19(27)15-6-9-20-10-7-15/h1-7,9-10,12-13H,8,11H2,(H,22,27)(H,25,26)/b21-12-. The van der Waals surface area contributed by atoms with Crippen molar-refractivity contribution in [1.82, 2.24) is 20.2 Å². The van der Waals surface area contributed by atoms with Gasteiger partial charge in [0.25, 0.3) is 5.91 Å². The Kier molecular flexibility index (Phi) is 5.68. The molecule has 0 aliphatic carbocycles. The maximum Gasteiger partial charge on any atom is 0.305 e. The van der Waals surface area contributed by atoms with E-state index in [2.05, 4.69) is 20.6 Å². The number of carbonyl (C=O) groups excluding carboxylic acids is 1. The lowest BCUT2D eigenvalue weighted by atomic mass is 10.1. The summed E-state index contributed by atoms with van der Waals surface area (Å²) in [6.07, 6.45) is 6.21. The van der Waals surface area contributed by atoms with Crippen molar-refractivity contribution < 1.29 is 14.7 Å². The molecule has 0 bridgehead atoms. The van der Waals surface area contributed by atoms with E-state index in [1.165, 1.54) is 18.6 Å². The molecule has 2 N–H and O–H groups in total. The number of carbonyl (C=O) groups is 2. The minimum Gasteiger partial charge on any atom is -0.481 e. The third kappa shape index (κ3) is 4.85. The first-order valence-electron chi connectivity index (χ1n) is 8.21. The Balaban J connectivity index is 1.80. The van der Waals surface area contributed by atoms with Crippen LogP contribution in [0, 0.1) is 0 Å². The number of rotatable bonds is 7. The molecule has 1 aromatic carbocycles. The lowest BCUT2D eigenvalue weighted by Gasteiger charge is -1.99. The second kappa shape index (κ2) is 8.52. The predicted molar refractivity (Wildman–Crippen MR) is 99.2 cm³/mol. The van der Waals surface area contributed by atoms with Crippen LogP contribution in [0.2, 0.25) is 0 Å². The van der Waals surface area contributed by atoms with Crippen LogP contribution in [0.15, 0.2) is 66.2 Å². The molecule has 3 rings (SSSR count). The summed E-state index contributed by atoms with van der Waals surface area (Å²) in [6, 6.07) is 12.6. The number of aromatic nitrogens is 3. The molecule has 0 aliphatic heterocycles. The number of pyridine rings is 1. The molecule has 0 spiro atoms. The number of hydrogen-bond donors (Lipinski definition) is 2. The monoisotopic (exact) mass is 363 g/mol. The quantitative estimate of drug-likeness (QED) is 0.494. The summed E-state index contributed by atoms with van der Waals surface area (Å²) < 4.78 is 1.56. The van der Waals surface area contributed by atoms with Crippen molar-refractivity contribution in [3.05, 3.63) is 72.2 Å². The predicted octanol–water partition coefficient (Wildman–Crippen LogP) is 2.18. The van der Waals surface area contributed by atoms with Gasteiger partial charge >= 0.3 is 5.97 Å². The first-order valence-corrected chi connectivity index (χ1v) is 8.21. The van der Waals surface area contributed by atoms with Crippen LogP contribution < -0.4 is 5.43 Å². The van der Waals surface area contributed by atoms with Crippen molar-refractivity contribution >= 4 is 18.1 Å². The van der Waals surface area contributed by atoms with Gasteiger partial charge in [-0.05, 0) is 12.1 Å². The number of carboxylic acid groups (broad SMARTS) is 1. The number of hydrazone groups is 1. The molecule has 0 unspecified atom stereocenters. The zero-order valence-corrected chi connectivity index (χ0v) is 14.3. The van der Waals surface area contributed by atoms with Gasteiger partial charge in [-0.2, -0.15) is 10.2 Å². The van der Waals surface area contributed by atoms with Gasteiger partial charge in [-0.3, -0.25) is 19.3 Å². The van der Waals surface area contributed by atoms with E-state index in [4.69, 9.17) is 5.11 Å². The van der Waals surface area contributed by atoms with E-state index in [-0.39, 0.29) is 18.9 Å². The molecule has 0 saturated heterocycles. The van der Waals surface area contributed by atoms with Gasteiger partial charge < -0.3 is 5.11 Å². The highest BCUT2D eigenvalue weighted by atomic mass is 16.4. The summed E-state index contributed by atoms with van der Waals surface area (Å²) in [6.45, 7) is 0.242. The topological polar surface area (TPSA) is 109 Å². The van der Waals surface area contributed by atoms with E-state index in [0.717, 1.165) is 5.56 Å². The smallest absolute Gasteiger partial charge is 0.305 e. The van der Waals surface area contributed by atoms with Crippen molar-refractivity contribution in [2.75, 3.05) is 0 Å². The molecule has 0 atom stereocenters. The molecule has 3 aromatic rings. The minimum atomic E-state index is -0.897. The molecule has 136 valence electrons. The number of aliphatic carboxylic acids is 1. The van der Waals surface area contributed by atoms with Gasteiger partial charge in [-0.25, -0.2) is 5.43 Å². The Labute approximate surface area is 155 Å². The molecular formula is C19H17N5O3. The van der Waals surface area contributed by atoms with Crippen LogP contribution in [0.5, 0.6) is 0 Å². The fourth-order valence-electron chi connectivity index (χ4n) is 2.40. The molecule has 0 aliphatic rings. The van der Waals surface area contributed by atoms with Gasteiger partial charge in [0, 0.05) is 35.3 Å². The Morgan fingerprint density at radius 1 is 1.15 bits per heavy atom. The molecule has 2 aromatic heterocycles. The Morgan fingerprint density at radius 3 is 2.59 bits per heavy atom. The summed E-state index contributed by atoms with van der Waals surface area (Å²) in [7, 11) is 0. The van der Waals surface area contributed by atoms with Gasteiger partial charge in [0.2, 0.25) is 0 Å².